The van der Waals surface area contributed by atoms with Crippen LogP contribution in [0, 0.1) is 11.6 Å². The number of unbranched alkanes of at least 4 members (excludes halogenated alkanes) is 9. The summed E-state index contributed by atoms with van der Waals surface area (Å²) in [7, 11) is 0. The molecule has 1 unspecified atom stereocenters. The second-order valence-electron chi connectivity index (χ2n) is 8.90. The quantitative estimate of drug-likeness (QED) is 0.246. The van der Waals surface area contributed by atoms with Gasteiger partial charge in [-0.05, 0) is 34.5 Å². The van der Waals surface area contributed by atoms with Crippen LogP contribution >= 0.6 is 0 Å². The van der Waals surface area contributed by atoms with Crippen molar-refractivity contribution < 1.29 is 13.6 Å². The highest BCUT2D eigenvalue weighted by Gasteiger charge is 2.29. The van der Waals surface area contributed by atoms with Gasteiger partial charge >= 0.3 is 0 Å². The number of amides is 1. The zero-order valence-electron chi connectivity index (χ0n) is 20.4. The molecule has 188 valence electrons. The zero-order valence-corrected chi connectivity index (χ0v) is 20.4. The van der Waals surface area contributed by atoms with Gasteiger partial charge in [0.15, 0.2) is 5.82 Å². The Morgan fingerprint density at radius 2 is 1.57 bits per heavy atom. The van der Waals surface area contributed by atoms with E-state index >= 15 is 0 Å². The second kappa shape index (κ2) is 14.3. The highest BCUT2D eigenvalue weighted by atomic mass is 19.1. The number of halogens is 2. The molecule has 0 aliphatic carbocycles. The largest absolute Gasteiger partial charge is 0.323 e. The van der Waals surface area contributed by atoms with Gasteiger partial charge in [0.25, 0.3) is 0 Å². The summed E-state index contributed by atoms with van der Waals surface area (Å²) in [6, 6.07) is 12.2. The van der Waals surface area contributed by atoms with Gasteiger partial charge in [-0.2, -0.15) is 0 Å². The Bertz CT molecular complexity index is 1040. The van der Waals surface area contributed by atoms with Crippen molar-refractivity contribution in [3.63, 3.8) is 0 Å². The maximum absolute atomic E-state index is 14.2. The summed E-state index contributed by atoms with van der Waals surface area (Å²) in [5.74, 6) is -2.47. The van der Waals surface area contributed by atoms with Gasteiger partial charge in [-0.1, -0.05) is 95.0 Å². The molecule has 1 N–H and O–H groups in total. The summed E-state index contributed by atoms with van der Waals surface area (Å²) < 4.78 is 29.1. The monoisotopic (exact) mass is 483 g/mol. The molecule has 1 aromatic heterocycles. The van der Waals surface area contributed by atoms with Crippen LogP contribution in [0.3, 0.4) is 0 Å². The van der Waals surface area contributed by atoms with Gasteiger partial charge in [-0.15, -0.1) is 5.10 Å². The number of aromatic nitrogens is 4. The molecule has 1 heterocycles. The standard InChI is InChI=1S/C27H35F2N5O/c1-2-3-4-5-6-7-8-9-10-14-19-34-26(31-32-33-34)25(21-15-12-11-13-16-21)27(35)30-24-18-17-22(28)20-23(24)29/h11-13,15-18,20,25H,2-10,14,19H2,1H3,(H,30,35). The fourth-order valence-electron chi connectivity index (χ4n) is 4.19. The average Bonchev–Trinajstić information content (AvgIpc) is 3.31. The van der Waals surface area contributed by atoms with Crippen LogP contribution in [0.1, 0.15) is 88.4 Å². The molecule has 0 spiro atoms. The van der Waals surface area contributed by atoms with E-state index in [0.717, 1.165) is 31.4 Å². The highest BCUT2D eigenvalue weighted by Crippen LogP contribution is 2.26. The molecule has 0 aliphatic rings. The van der Waals surface area contributed by atoms with Crippen molar-refractivity contribution in [1.29, 1.82) is 0 Å². The summed E-state index contributed by atoms with van der Waals surface area (Å²) in [6.07, 6.45) is 12.2. The molecule has 0 radical (unpaired) electrons. The van der Waals surface area contributed by atoms with Gasteiger partial charge in [0, 0.05) is 12.6 Å². The van der Waals surface area contributed by atoms with Crippen LogP contribution in [0.15, 0.2) is 48.5 Å². The first kappa shape index (κ1) is 26.4. The third-order valence-electron chi connectivity index (χ3n) is 6.13. The van der Waals surface area contributed by atoms with Crippen LogP contribution in [0.25, 0.3) is 0 Å². The lowest BCUT2D eigenvalue weighted by molar-refractivity contribution is -0.117. The molecule has 0 saturated carbocycles. The number of carbonyl (C=O) groups excluding carboxylic acids is 1. The molecular weight excluding hydrogens is 448 g/mol. The molecule has 8 heteroatoms. The summed E-state index contributed by atoms with van der Waals surface area (Å²) in [4.78, 5) is 13.3. The normalized spacial score (nSPS) is 12.0. The van der Waals surface area contributed by atoms with Crippen LogP contribution in [0.2, 0.25) is 0 Å². The number of nitrogens with zero attached hydrogens (tertiary/aromatic N) is 4. The molecule has 1 atom stereocenters. The van der Waals surface area contributed by atoms with Gasteiger partial charge in [0.05, 0.1) is 5.69 Å². The van der Waals surface area contributed by atoms with Crippen molar-refractivity contribution in [3.8, 4) is 0 Å². The third kappa shape index (κ3) is 8.23. The Balaban J connectivity index is 1.60. The maximum atomic E-state index is 14.2. The van der Waals surface area contributed by atoms with E-state index in [1.165, 1.54) is 51.0 Å². The van der Waals surface area contributed by atoms with E-state index in [9.17, 15) is 13.6 Å². The van der Waals surface area contributed by atoms with E-state index in [2.05, 4.69) is 27.8 Å². The first-order chi connectivity index (χ1) is 17.1. The maximum Gasteiger partial charge on any atom is 0.239 e. The summed E-state index contributed by atoms with van der Waals surface area (Å²) in [6.45, 7) is 2.83. The minimum atomic E-state index is -0.838. The number of nitrogens with one attached hydrogen (secondary N) is 1. The minimum Gasteiger partial charge on any atom is -0.323 e. The number of hydrogen-bond donors (Lipinski definition) is 1. The highest BCUT2D eigenvalue weighted by molar-refractivity contribution is 5.97. The van der Waals surface area contributed by atoms with E-state index < -0.39 is 23.5 Å². The molecule has 0 saturated heterocycles. The van der Waals surface area contributed by atoms with Crippen molar-refractivity contribution in [3.05, 3.63) is 71.6 Å². The predicted molar refractivity (Wildman–Crippen MR) is 133 cm³/mol. The van der Waals surface area contributed by atoms with Crippen LogP contribution in [0.5, 0.6) is 0 Å². The Labute approximate surface area is 206 Å². The first-order valence-electron chi connectivity index (χ1n) is 12.7. The van der Waals surface area contributed by atoms with Crippen molar-refractivity contribution in [2.75, 3.05) is 5.32 Å². The molecule has 35 heavy (non-hydrogen) atoms. The Morgan fingerprint density at radius 3 is 2.23 bits per heavy atom. The van der Waals surface area contributed by atoms with E-state index in [4.69, 9.17) is 0 Å². The Morgan fingerprint density at radius 1 is 0.914 bits per heavy atom. The Hall–Kier alpha value is -3.16. The molecule has 0 aliphatic heterocycles. The molecule has 0 fully saturated rings. The lowest BCUT2D eigenvalue weighted by atomic mass is 9.97. The summed E-state index contributed by atoms with van der Waals surface area (Å²) in [5, 5.41) is 14.6. The molecular formula is C27H35F2N5O. The van der Waals surface area contributed by atoms with Gasteiger partial charge < -0.3 is 5.32 Å². The van der Waals surface area contributed by atoms with Crippen LogP contribution < -0.4 is 5.32 Å². The molecule has 3 rings (SSSR count). The number of aryl methyl sites for hydroxylation is 1. The van der Waals surface area contributed by atoms with E-state index in [-0.39, 0.29) is 5.69 Å². The molecule has 1 amide bonds. The summed E-state index contributed by atoms with van der Waals surface area (Å²) >= 11 is 0. The van der Waals surface area contributed by atoms with E-state index in [1.807, 2.05) is 30.3 Å². The number of tetrazole rings is 1. The van der Waals surface area contributed by atoms with Gasteiger partial charge in [-0.25, -0.2) is 13.5 Å². The third-order valence-corrected chi connectivity index (χ3v) is 6.13. The average molecular weight is 484 g/mol. The molecule has 0 bridgehead atoms. The predicted octanol–water partition coefficient (Wildman–Crippen LogP) is 6.64. The fraction of sp³-hybridized carbons (Fsp3) is 0.481. The fourth-order valence-corrected chi connectivity index (χ4v) is 4.19. The Kier molecular flexibility index (Phi) is 10.8. The number of rotatable bonds is 15. The molecule has 3 aromatic rings. The van der Waals surface area contributed by atoms with Crippen LogP contribution in [-0.4, -0.2) is 26.1 Å². The second-order valence-corrected chi connectivity index (χ2v) is 8.90. The lowest BCUT2D eigenvalue weighted by Gasteiger charge is -2.17. The van der Waals surface area contributed by atoms with E-state index in [0.29, 0.717) is 17.9 Å². The van der Waals surface area contributed by atoms with Crippen molar-refractivity contribution in [2.24, 2.45) is 0 Å². The summed E-state index contributed by atoms with van der Waals surface area (Å²) in [5.41, 5.74) is 0.595. The molecule has 2 aromatic carbocycles. The number of anilines is 1. The van der Waals surface area contributed by atoms with Crippen LogP contribution in [0.4, 0.5) is 14.5 Å². The van der Waals surface area contributed by atoms with Crippen molar-refractivity contribution in [2.45, 2.75) is 83.6 Å². The SMILES string of the molecule is CCCCCCCCCCCCn1nnnc1C(C(=O)Nc1ccc(F)cc1F)c1ccccc1. The van der Waals surface area contributed by atoms with Crippen LogP contribution in [-0.2, 0) is 11.3 Å². The number of benzene rings is 2. The zero-order chi connectivity index (χ0) is 24.9. The van der Waals surface area contributed by atoms with Crippen molar-refractivity contribution in [1.82, 2.24) is 20.2 Å². The smallest absolute Gasteiger partial charge is 0.239 e. The number of carbonyl (C=O) groups is 1. The lowest BCUT2D eigenvalue weighted by Crippen LogP contribution is -2.26. The number of hydrogen-bond acceptors (Lipinski definition) is 4. The topological polar surface area (TPSA) is 72.7 Å². The first-order valence-corrected chi connectivity index (χ1v) is 12.7. The van der Waals surface area contributed by atoms with E-state index in [1.54, 1.807) is 4.68 Å². The van der Waals surface area contributed by atoms with Crippen molar-refractivity contribution >= 4 is 11.6 Å². The minimum absolute atomic E-state index is 0.0916. The van der Waals surface area contributed by atoms with Gasteiger partial charge in [-0.3, -0.25) is 4.79 Å². The molecule has 6 nitrogen and oxygen atoms in total. The van der Waals surface area contributed by atoms with Gasteiger partial charge in [0.1, 0.15) is 17.6 Å². The van der Waals surface area contributed by atoms with Gasteiger partial charge in [0.2, 0.25) is 5.91 Å².